The molecule has 3 rings (SSSR count). The molecule has 1 aromatic carbocycles. The third-order valence-corrected chi connectivity index (χ3v) is 4.87. The molecule has 0 atom stereocenters. The Morgan fingerprint density at radius 3 is 2.90 bits per heavy atom. The van der Waals surface area contributed by atoms with Gasteiger partial charge in [-0.2, -0.15) is 0 Å². The molecule has 0 unspecified atom stereocenters. The van der Waals surface area contributed by atoms with E-state index in [0.717, 1.165) is 26.6 Å². The Kier molecular flexibility index (Phi) is 4.05. The predicted octanol–water partition coefficient (Wildman–Crippen LogP) is 3.14. The number of hydrogen-bond acceptors (Lipinski definition) is 4. The first-order chi connectivity index (χ1) is 9.78. The Balaban J connectivity index is 1.91. The minimum atomic E-state index is 0.660. The van der Waals surface area contributed by atoms with Gasteiger partial charge in [-0.3, -0.25) is 4.40 Å². The standard InChI is InChI=1S/C14H13BrN4S/c15-11-9-10(6-7-16)4-5-12(11)20-14-18-17-13-3-1-2-8-19(13)14/h1-5,8-9H,6-7,16H2. The smallest absolute Gasteiger partial charge is 0.200 e. The van der Waals surface area contributed by atoms with Crippen LogP contribution in [0.3, 0.4) is 0 Å². The number of nitrogens with two attached hydrogens (primary N) is 1. The monoisotopic (exact) mass is 348 g/mol. The van der Waals surface area contributed by atoms with Crippen LogP contribution in [-0.2, 0) is 6.42 Å². The minimum Gasteiger partial charge on any atom is -0.330 e. The van der Waals surface area contributed by atoms with E-state index in [-0.39, 0.29) is 0 Å². The highest BCUT2D eigenvalue weighted by Crippen LogP contribution is 2.33. The second-order valence-corrected chi connectivity index (χ2v) is 6.18. The van der Waals surface area contributed by atoms with E-state index >= 15 is 0 Å². The van der Waals surface area contributed by atoms with Crippen LogP contribution in [0, 0.1) is 0 Å². The quantitative estimate of drug-likeness (QED) is 0.786. The average Bonchev–Trinajstić information content (AvgIpc) is 2.86. The van der Waals surface area contributed by atoms with Crippen molar-refractivity contribution in [1.82, 2.24) is 14.6 Å². The van der Waals surface area contributed by atoms with Crippen LogP contribution >= 0.6 is 27.7 Å². The number of halogens is 1. The maximum Gasteiger partial charge on any atom is 0.200 e. The van der Waals surface area contributed by atoms with Crippen molar-refractivity contribution in [3.05, 3.63) is 52.6 Å². The van der Waals surface area contributed by atoms with Gasteiger partial charge in [-0.1, -0.05) is 12.1 Å². The van der Waals surface area contributed by atoms with E-state index in [1.807, 2.05) is 28.8 Å². The number of pyridine rings is 1. The first kappa shape index (κ1) is 13.6. The topological polar surface area (TPSA) is 56.2 Å². The highest BCUT2D eigenvalue weighted by molar-refractivity contribution is 9.10. The second kappa shape index (κ2) is 5.95. The van der Waals surface area contributed by atoms with Crippen LogP contribution in [0.25, 0.3) is 5.65 Å². The number of fused-ring (bicyclic) bond motifs is 1. The zero-order valence-electron chi connectivity index (χ0n) is 10.7. The molecule has 0 radical (unpaired) electrons. The summed E-state index contributed by atoms with van der Waals surface area (Å²) in [5.41, 5.74) is 7.66. The van der Waals surface area contributed by atoms with Gasteiger partial charge in [0.25, 0.3) is 0 Å². The van der Waals surface area contributed by atoms with E-state index in [0.29, 0.717) is 6.54 Å². The fourth-order valence-corrected chi connectivity index (χ4v) is 3.43. The number of hydrogen-bond donors (Lipinski definition) is 1. The molecule has 0 amide bonds. The van der Waals surface area contributed by atoms with Gasteiger partial charge in [-0.15, -0.1) is 10.2 Å². The summed E-state index contributed by atoms with van der Waals surface area (Å²) in [4.78, 5) is 1.11. The van der Waals surface area contributed by atoms with Crippen LogP contribution in [0.4, 0.5) is 0 Å². The van der Waals surface area contributed by atoms with E-state index in [9.17, 15) is 0 Å². The summed E-state index contributed by atoms with van der Waals surface area (Å²) in [6.45, 7) is 0.660. The molecule has 0 spiro atoms. The van der Waals surface area contributed by atoms with Crippen molar-refractivity contribution >= 4 is 33.3 Å². The Bertz CT molecular complexity index is 741. The van der Waals surface area contributed by atoms with E-state index < -0.39 is 0 Å². The molecular formula is C14H13BrN4S. The van der Waals surface area contributed by atoms with E-state index in [1.165, 1.54) is 5.56 Å². The summed E-state index contributed by atoms with van der Waals surface area (Å²) in [6.07, 6.45) is 2.85. The lowest BCUT2D eigenvalue weighted by Gasteiger charge is -2.05. The second-order valence-electron chi connectivity index (χ2n) is 4.32. The van der Waals surface area contributed by atoms with Gasteiger partial charge in [-0.25, -0.2) is 0 Å². The molecule has 6 heteroatoms. The van der Waals surface area contributed by atoms with Crippen molar-refractivity contribution in [2.45, 2.75) is 16.5 Å². The zero-order valence-corrected chi connectivity index (χ0v) is 13.1. The lowest BCUT2D eigenvalue weighted by atomic mass is 10.2. The molecule has 4 nitrogen and oxygen atoms in total. The largest absolute Gasteiger partial charge is 0.330 e. The van der Waals surface area contributed by atoms with Crippen LogP contribution < -0.4 is 5.73 Å². The van der Waals surface area contributed by atoms with E-state index in [2.05, 4.69) is 44.3 Å². The van der Waals surface area contributed by atoms with Gasteiger partial charge in [0.2, 0.25) is 0 Å². The van der Waals surface area contributed by atoms with Crippen molar-refractivity contribution in [3.8, 4) is 0 Å². The van der Waals surface area contributed by atoms with Crippen LogP contribution in [0.2, 0.25) is 0 Å². The molecule has 3 aromatic rings. The Morgan fingerprint density at radius 1 is 1.20 bits per heavy atom. The van der Waals surface area contributed by atoms with Crippen LogP contribution in [0.5, 0.6) is 0 Å². The van der Waals surface area contributed by atoms with Gasteiger partial charge >= 0.3 is 0 Å². The summed E-state index contributed by atoms with van der Waals surface area (Å²) < 4.78 is 3.03. The summed E-state index contributed by atoms with van der Waals surface area (Å²) in [5.74, 6) is 0. The summed E-state index contributed by atoms with van der Waals surface area (Å²) >= 11 is 5.20. The Hall–Kier alpha value is -1.37. The summed E-state index contributed by atoms with van der Waals surface area (Å²) in [5, 5.41) is 9.23. The van der Waals surface area contributed by atoms with Gasteiger partial charge in [0.1, 0.15) is 0 Å². The molecule has 2 aromatic heterocycles. The molecule has 2 N–H and O–H groups in total. The molecular weight excluding hydrogens is 336 g/mol. The first-order valence-corrected chi connectivity index (χ1v) is 7.85. The molecule has 0 bridgehead atoms. The number of aromatic nitrogens is 3. The molecule has 0 aliphatic carbocycles. The highest BCUT2D eigenvalue weighted by Gasteiger charge is 2.09. The third-order valence-electron chi connectivity index (χ3n) is 2.91. The maximum atomic E-state index is 5.58. The molecule has 0 aliphatic rings. The van der Waals surface area contributed by atoms with Crippen molar-refractivity contribution in [3.63, 3.8) is 0 Å². The molecule has 0 fully saturated rings. The summed E-state index contributed by atoms with van der Waals surface area (Å²) in [7, 11) is 0. The average molecular weight is 349 g/mol. The van der Waals surface area contributed by atoms with Gasteiger partial charge in [0.15, 0.2) is 10.8 Å². The van der Waals surface area contributed by atoms with Crippen LogP contribution in [-0.4, -0.2) is 21.1 Å². The molecule has 0 aliphatic heterocycles. The third kappa shape index (κ3) is 2.72. The zero-order chi connectivity index (χ0) is 13.9. The van der Waals surface area contributed by atoms with Crippen molar-refractivity contribution < 1.29 is 0 Å². The molecule has 20 heavy (non-hydrogen) atoms. The molecule has 2 heterocycles. The normalized spacial score (nSPS) is 11.1. The predicted molar refractivity (Wildman–Crippen MR) is 84.0 cm³/mol. The van der Waals surface area contributed by atoms with Crippen molar-refractivity contribution in [1.29, 1.82) is 0 Å². The number of benzene rings is 1. The molecule has 0 saturated heterocycles. The van der Waals surface area contributed by atoms with Crippen molar-refractivity contribution in [2.75, 3.05) is 6.54 Å². The van der Waals surface area contributed by atoms with Gasteiger partial charge in [0, 0.05) is 15.6 Å². The lowest BCUT2D eigenvalue weighted by molar-refractivity contribution is 0.920. The first-order valence-electron chi connectivity index (χ1n) is 6.24. The van der Waals surface area contributed by atoms with Gasteiger partial charge in [-0.05, 0) is 70.5 Å². The van der Waals surface area contributed by atoms with Crippen LogP contribution in [0.15, 0.2) is 57.1 Å². The van der Waals surface area contributed by atoms with E-state index in [4.69, 9.17) is 5.73 Å². The van der Waals surface area contributed by atoms with E-state index in [1.54, 1.807) is 11.8 Å². The number of nitrogens with zero attached hydrogens (tertiary/aromatic N) is 3. The highest BCUT2D eigenvalue weighted by atomic mass is 79.9. The fourth-order valence-electron chi connectivity index (χ4n) is 1.94. The molecule has 102 valence electrons. The van der Waals surface area contributed by atoms with Crippen LogP contribution in [0.1, 0.15) is 5.56 Å². The van der Waals surface area contributed by atoms with Gasteiger partial charge in [0.05, 0.1) is 0 Å². The summed E-state index contributed by atoms with van der Waals surface area (Å²) in [6, 6.07) is 12.2. The Labute approximate surface area is 129 Å². The molecule has 0 saturated carbocycles. The SMILES string of the molecule is NCCc1ccc(Sc2nnc3ccccn23)c(Br)c1. The lowest BCUT2D eigenvalue weighted by Crippen LogP contribution is -2.02. The fraction of sp³-hybridized carbons (Fsp3) is 0.143. The number of rotatable bonds is 4. The van der Waals surface area contributed by atoms with Crippen molar-refractivity contribution in [2.24, 2.45) is 5.73 Å². The van der Waals surface area contributed by atoms with Gasteiger partial charge < -0.3 is 5.73 Å². The minimum absolute atomic E-state index is 0.660. The maximum absolute atomic E-state index is 5.58. The Morgan fingerprint density at radius 2 is 2.10 bits per heavy atom.